The van der Waals surface area contributed by atoms with Gasteiger partial charge < -0.3 is 5.11 Å². The van der Waals surface area contributed by atoms with Crippen LogP contribution in [-0.4, -0.2) is 47.1 Å². The highest BCUT2D eigenvalue weighted by atomic mass is 32.2. The van der Waals surface area contributed by atoms with E-state index in [9.17, 15) is 13.2 Å². The summed E-state index contributed by atoms with van der Waals surface area (Å²) in [6, 6.07) is 0. The highest BCUT2D eigenvalue weighted by molar-refractivity contribution is 7.89. The van der Waals surface area contributed by atoms with E-state index in [0.29, 0.717) is 12.5 Å². The number of nitrogens with one attached hydrogen (secondary N) is 1. The molecule has 8 heteroatoms. The zero-order valence-corrected chi connectivity index (χ0v) is 11.8. The molecule has 2 N–H and O–H groups in total. The van der Waals surface area contributed by atoms with E-state index in [1.54, 1.807) is 0 Å². The molecule has 0 aromatic carbocycles. The summed E-state index contributed by atoms with van der Waals surface area (Å²) in [6.45, 7) is 1.70. The number of rotatable bonds is 6. The molecule has 2 rings (SSSR count). The fraction of sp³-hybridized carbons (Fsp3) is 0.500. The number of hydrogen-bond donors (Lipinski definition) is 2. The maximum absolute atomic E-state index is 12.6. The molecule has 1 fully saturated rings. The van der Waals surface area contributed by atoms with Crippen molar-refractivity contribution in [3.8, 4) is 12.3 Å². The lowest BCUT2D eigenvalue weighted by molar-refractivity contribution is 0.0686. The van der Waals surface area contributed by atoms with Crippen molar-refractivity contribution in [1.29, 1.82) is 0 Å². The number of aromatic amines is 1. The van der Waals surface area contributed by atoms with Gasteiger partial charge in [0.25, 0.3) is 0 Å². The Morgan fingerprint density at radius 3 is 2.75 bits per heavy atom. The van der Waals surface area contributed by atoms with E-state index in [1.165, 1.54) is 6.92 Å². The molecule has 0 amide bonds. The predicted octanol–water partition coefficient (Wildman–Crippen LogP) is 0.450. The van der Waals surface area contributed by atoms with E-state index in [2.05, 4.69) is 16.1 Å². The highest BCUT2D eigenvalue weighted by Crippen LogP contribution is 2.32. The maximum Gasteiger partial charge on any atom is 0.357 e. The number of terminal acetylenes is 1. The number of sulfonamides is 1. The molecule has 0 aliphatic heterocycles. The lowest BCUT2D eigenvalue weighted by atomic mass is 10.4. The zero-order valence-electron chi connectivity index (χ0n) is 11.0. The van der Waals surface area contributed by atoms with Gasteiger partial charge in [-0.2, -0.15) is 9.40 Å². The number of aromatic nitrogens is 2. The molecule has 0 atom stereocenters. The largest absolute Gasteiger partial charge is 0.476 e. The fourth-order valence-corrected chi connectivity index (χ4v) is 3.67. The Labute approximate surface area is 117 Å². The molecule has 1 saturated carbocycles. The molecule has 7 nitrogen and oxygen atoms in total. The second kappa shape index (κ2) is 5.26. The van der Waals surface area contributed by atoms with E-state index in [-0.39, 0.29) is 17.1 Å². The molecule has 0 radical (unpaired) electrons. The number of aromatic carboxylic acids is 1. The minimum atomic E-state index is -3.97. The first-order valence-corrected chi connectivity index (χ1v) is 7.53. The van der Waals surface area contributed by atoms with Gasteiger partial charge in [-0.1, -0.05) is 5.92 Å². The minimum absolute atomic E-state index is 0.0808. The normalized spacial score (nSPS) is 15.2. The van der Waals surface area contributed by atoms with Crippen molar-refractivity contribution in [2.75, 3.05) is 13.1 Å². The quantitative estimate of drug-likeness (QED) is 0.742. The van der Waals surface area contributed by atoms with E-state index in [0.717, 1.165) is 17.1 Å². The van der Waals surface area contributed by atoms with Gasteiger partial charge in [0.05, 0.1) is 12.2 Å². The molecule has 1 aliphatic carbocycles. The Morgan fingerprint density at radius 1 is 1.60 bits per heavy atom. The summed E-state index contributed by atoms with van der Waals surface area (Å²) in [7, 11) is -3.97. The number of carboxylic acids is 1. The molecule has 0 unspecified atom stereocenters. The van der Waals surface area contributed by atoms with Crippen LogP contribution in [0.2, 0.25) is 0 Å². The molecule has 20 heavy (non-hydrogen) atoms. The van der Waals surface area contributed by atoms with Gasteiger partial charge in [0.2, 0.25) is 10.0 Å². The molecule has 1 aromatic heterocycles. The molecular weight excluding hydrogens is 282 g/mol. The van der Waals surface area contributed by atoms with Crippen LogP contribution in [0.5, 0.6) is 0 Å². The fourth-order valence-electron chi connectivity index (χ4n) is 1.95. The molecule has 1 heterocycles. The number of carboxylic acid groups (broad SMARTS) is 1. The van der Waals surface area contributed by atoms with E-state index in [1.807, 2.05) is 0 Å². The third-order valence-corrected chi connectivity index (χ3v) is 5.09. The van der Waals surface area contributed by atoms with Gasteiger partial charge in [-0.15, -0.1) is 6.42 Å². The average Bonchev–Trinajstić information content (AvgIpc) is 3.08. The Balaban J connectivity index is 2.44. The summed E-state index contributed by atoms with van der Waals surface area (Å²) < 4.78 is 26.3. The molecular formula is C12H15N3O4S. The molecule has 0 saturated heterocycles. The first kappa shape index (κ1) is 14.6. The number of nitrogens with zero attached hydrogens (tertiary/aromatic N) is 2. The number of H-pyrrole nitrogens is 1. The third-order valence-electron chi connectivity index (χ3n) is 3.12. The van der Waals surface area contributed by atoms with Gasteiger partial charge in [-0.05, 0) is 25.7 Å². The summed E-state index contributed by atoms with van der Waals surface area (Å²) in [4.78, 5) is 10.8. The monoisotopic (exact) mass is 297 g/mol. The minimum Gasteiger partial charge on any atom is -0.476 e. The number of hydrogen-bond acceptors (Lipinski definition) is 4. The SMILES string of the molecule is C#CCN(CC1CC1)S(=O)(=O)c1c(C(=O)O)n[nH]c1C. The summed E-state index contributed by atoms with van der Waals surface area (Å²) in [5.74, 6) is 1.22. The van der Waals surface area contributed by atoms with Crippen molar-refractivity contribution in [3.05, 3.63) is 11.4 Å². The van der Waals surface area contributed by atoms with Crippen LogP contribution >= 0.6 is 0 Å². The van der Waals surface area contributed by atoms with Crippen LogP contribution in [0, 0.1) is 25.2 Å². The molecule has 0 spiro atoms. The van der Waals surface area contributed by atoms with Crippen LogP contribution < -0.4 is 0 Å². The van der Waals surface area contributed by atoms with Crippen LogP contribution in [0.4, 0.5) is 0 Å². The van der Waals surface area contributed by atoms with Crippen LogP contribution in [0.3, 0.4) is 0 Å². The molecule has 1 aromatic rings. The lowest BCUT2D eigenvalue weighted by Gasteiger charge is -2.19. The smallest absolute Gasteiger partial charge is 0.357 e. The van der Waals surface area contributed by atoms with Crippen molar-refractivity contribution in [1.82, 2.24) is 14.5 Å². The molecule has 1 aliphatic rings. The summed E-state index contributed by atoms with van der Waals surface area (Å²) in [6.07, 6.45) is 7.15. The van der Waals surface area contributed by atoms with Crippen LogP contribution in [0.1, 0.15) is 29.0 Å². The van der Waals surface area contributed by atoms with E-state index in [4.69, 9.17) is 11.5 Å². The molecule has 108 valence electrons. The Kier molecular flexibility index (Phi) is 3.83. The Morgan fingerprint density at radius 2 is 2.25 bits per heavy atom. The van der Waals surface area contributed by atoms with Crippen molar-refractivity contribution < 1.29 is 18.3 Å². The van der Waals surface area contributed by atoms with Gasteiger partial charge >= 0.3 is 5.97 Å². The summed E-state index contributed by atoms with van der Waals surface area (Å²) in [5, 5.41) is 15.0. The summed E-state index contributed by atoms with van der Waals surface area (Å²) in [5.41, 5.74) is -0.305. The van der Waals surface area contributed by atoms with Crippen LogP contribution in [-0.2, 0) is 10.0 Å². The average molecular weight is 297 g/mol. The van der Waals surface area contributed by atoms with Gasteiger partial charge in [-0.3, -0.25) is 5.10 Å². The first-order valence-electron chi connectivity index (χ1n) is 6.09. The highest BCUT2D eigenvalue weighted by Gasteiger charge is 2.36. The zero-order chi connectivity index (χ0) is 14.9. The predicted molar refractivity (Wildman–Crippen MR) is 70.6 cm³/mol. The van der Waals surface area contributed by atoms with E-state index < -0.39 is 21.7 Å². The van der Waals surface area contributed by atoms with Crippen molar-refractivity contribution >= 4 is 16.0 Å². The third kappa shape index (κ3) is 2.69. The Bertz CT molecular complexity index is 667. The number of carbonyl (C=O) groups is 1. The standard InChI is InChI=1S/C12H15N3O4S/c1-3-6-15(7-9-4-5-9)20(18,19)11-8(2)13-14-10(11)12(16)17/h1,9H,4-7H2,2H3,(H,13,14)(H,16,17). The Hall–Kier alpha value is -1.85. The van der Waals surface area contributed by atoms with Crippen molar-refractivity contribution in [2.45, 2.75) is 24.7 Å². The van der Waals surface area contributed by atoms with Crippen molar-refractivity contribution in [2.24, 2.45) is 5.92 Å². The van der Waals surface area contributed by atoms with E-state index >= 15 is 0 Å². The van der Waals surface area contributed by atoms with Crippen molar-refractivity contribution in [3.63, 3.8) is 0 Å². The number of aryl methyl sites for hydroxylation is 1. The van der Waals surface area contributed by atoms with Gasteiger partial charge in [0.1, 0.15) is 4.90 Å². The summed E-state index contributed by atoms with van der Waals surface area (Å²) >= 11 is 0. The lowest BCUT2D eigenvalue weighted by Crippen LogP contribution is -2.34. The van der Waals surface area contributed by atoms with Gasteiger partial charge in [0.15, 0.2) is 5.69 Å². The van der Waals surface area contributed by atoms with Crippen LogP contribution in [0.25, 0.3) is 0 Å². The van der Waals surface area contributed by atoms with Gasteiger partial charge in [-0.25, -0.2) is 13.2 Å². The maximum atomic E-state index is 12.6. The second-order valence-corrected chi connectivity index (χ2v) is 6.65. The van der Waals surface area contributed by atoms with Crippen LogP contribution in [0.15, 0.2) is 4.90 Å². The van der Waals surface area contributed by atoms with Gasteiger partial charge in [0, 0.05) is 6.54 Å². The second-order valence-electron chi connectivity index (χ2n) is 4.78. The first-order chi connectivity index (χ1) is 9.37. The topological polar surface area (TPSA) is 103 Å². The molecule has 0 bridgehead atoms.